The third-order valence-electron chi connectivity index (χ3n) is 2.57. The Labute approximate surface area is 112 Å². The van der Waals surface area contributed by atoms with E-state index in [4.69, 9.17) is 11.6 Å². The molecule has 1 heterocycles. The average molecular weight is 280 g/mol. The van der Waals surface area contributed by atoms with Gasteiger partial charge < -0.3 is 10.3 Å². The fourth-order valence-corrected chi connectivity index (χ4v) is 1.98. The van der Waals surface area contributed by atoms with Crippen LogP contribution in [0, 0.1) is 11.6 Å². The molecule has 3 nitrogen and oxygen atoms in total. The molecule has 0 aliphatic heterocycles. The minimum absolute atomic E-state index is 0.280. The molecule has 0 atom stereocenters. The van der Waals surface area contributed by atoms with Crippen molar-refractivity contribution in [3.05, 3.63) is 53.1 Å². The van der Waals surface area contributed by atoms with Crippen molar-refractivity contribution in [3.8, 4) is 0 Å². The molecule has 0 bridgehead atoms. The lowest BCUT2D eigenvalue weighted by Crippen LogP contribution is -1.94. The number of imidazole rings is 1. The van der Waals surface area contributed by atoms with Gasteiger partial charge in [0.05, 0.1) is 11.0 Å². The third-order valence-corrected chi connectivity index (χ3v) is 2.80. The van der Waals surface area contributed by atoms with E-state index in [1.54, 1.807) is 18.2 Å². The maximum atomic E-state index is 13.1. The molecule has 0 unspecified atom stereocenters. The average Bonchev–Trinajstić information content (AvgIpc) is 2.68. The highest BCUT2D eigenvalue weighted by molar-refractivity contribution is 6.31. The van der Waals surface area contributed by atoms with Gasteiger partial charge in [-0.3, -0.25) is 0 Å². The molecule has 0 radical (unpaired) electrons. The quantitative estimate of drug-likeness (QED) is 0.737. The van der Waals surface area contributed by atoms with Crippen LogP contribution in [0.4, 0.5) is 20.4 Å². The number of fused-ring (bicyclic) bond motifs is 1. The number of benzene rings is 2. The number of hydrogen-bond acceptors (Lipinski definition) is 2. The van der Waals surface area contributed by atoms with Gasteiger partial charge in [-0.05, 0) is 30.3 Å². The molecule has 0 saturated carbocycles. The molecule has 96 valence electrons. The molecule has 2 aromatic carbocycles. The summed E-state index contributed by atoms with van der Waals surface area (Å²) in [4.78, 5) is 7.21. The van der Waals surface area contributed by atoms with Gasteiger partial charge in [-0.2, -0.15) is 0 Å². The SMILES string of the molecule is Fc1cc(F)cc(Nc2nc3ccc(Cl)cc3[nH]2)c1. The molecule has 0 aliphatic rings. The van der Waals surface area contributed by atoms with Gasteiger partial charge in [0, 0.05) is 16.8 Å². The summed E-state index contributed by atoms with van der Waals surface area (Å²) in [5.74, 6) is -0.912. The van der Waals surface area contributed by atoms with Crippen molar-refractivity contribution in [1.29, 1.82) is 0 Å². The molecule has 3 rings (SSSR count). The minimum atomic E-state index is -0.651. The normalized spacial score (nSPS) is 10.9. The predicted molar refractivity (Wildman–Crippen MR) is 70.7 cm³/mol. The van der Waals surface area contributed by atoms with Crippen molar-refractivity contribution in [1.82, 2.24) is 9.97 Å². The fourth-order valence-electron chi connectivity index (χ4n) is 1.80. The van der Waals surface area contributed by atoms with E-state index in [0.29, 0.717) is 16.5 Å². The Bertz CT molecular complexity index is 734. The summed E-state index contributed by atoms with van der Waals surface area (Å²) in [5, 5.41) is 3.39. The number of aromatic nitrogens is 2. The smallest absolute Gasteiger partial charge is 0.205 e. The zero-order chi connectivity index (χ0) is 13.4. The van der Waals surface area contributed by atoms with E-state index in [1.807, 2.05) is 0 Å². The first-order valence-electron chi connectivity index (χ1n) is 5.48. The highest BCUT2D eigenvalue weighted by Gasteiger charge is 2.05. The highest BCUT2D eigenvalue weighted by Crippen LogP contribution is 2.22. The molecule has 0 amide bonds. The number of H-pyrrole nitrogens is 1. The van der Waals surface area contributed by atoms with Gasteiger partial charge in [0.1, 0.15) is 11.6 Å². The predicted octanol–water partition coefficient (Wildman–Crippen LogP) is 4.24. The minimum Gasteiger partial charge on any atom is -0.326 e. The first-order valence-corrected chi connectivity index (χ1v) is 5.86. The monoisotopic (exact) mass is 279 g/mol. The second-order valence-electron chi connectivity index (χ2n) is 4.03. The Hall–Kier alpha value is -2.14. The molecule has 3 aromatic rings. The maximum absolute atomic E-state index is 13.1. The van der Waals surface area contributed by atoms with Crippen LogP contribution in [0.5, 0.6) is 0 Å². The van der Waals surface area contributed by atoms with Crippen LogP contribution >= 0.6 is 11.6 Å². The van der Waals surface area contributed by atoms with Gasteiger partial charge in [0.15, 0.2) is 0 Å². The van der Waals surface area contributed by atoms with E-state index in [-0.39, 0.29) is 5.69 Å². The molecular formula is C13H8ClF2N3. The maximum Gasteiger partial charge on any atom is 0.205 e. The van der Waals surface area contributed by atoms with Gasteiger partial charge in [0.2, 0.25) is 5.95 Å². The number of rotatable bonds is 2. The molecule has 1 aromatic heterocycles. The molecule has 0 fully saturated rings. The van der Waals surface area contributed by atoms with Gasteiger partial charge in [0.25, 0.3) is 0 Å². The van der Waals surface area contributed by atoms with Crippen LogP contribution in [0.2, 0.25) is 5.02 Å². The molecule has 19 heavy (non-hydrogen) atoms. The first kappa shape index (κ1) is 11.9. The molecule has 0 spiro atoms. The molecule has 0 aliphatic carbocycles. The van der Waals surface area contributed by atoms with E-state index in [2.05, 4.69) is 15.3 Å². The number of aromatic amines is 1. The number of anilines is 2. The van der Waals surface area contributed by atoms with Crippen LogP contribution in [0.25, 0.3) is 11.0 Å². The topological polar surface area (TPSA) is 40.7 Å². The lowest BCUT2D eigenvalue weighted by molar-refractivity contribution is 0.584. The largest absolute Gasteiger partial charge is 0.326 e. The van der Waals surface area contributed by atoms with E-state index >= 15 is 0 Å². The summed E-state index contributed by atoms with van der Waals surface area (Å²) in [7, 11) is 0. The second kappa shape index (κ2) is 4.51. The van der Waals surface area contributed by atoms with Crippen molar-refractivity contribution in [3.63, 3.8) is 0 Å². The summed E-state index contributed by atoms with van der Waals surface area (Å²) in [6.07, 6.45) is 0. The van der Waals surface area contributed by atoms with Crippen molar-refractivity contribution < 1.29 is 8.78 Å². The molecule has 2 N–H and O–H groups in total. The highest BCUT2D eigenvalue weighted by atomic mass is 35.5. The van der Waals surface area contributed by atoms with E-state index < -0.39 is 11.6 Å². The van der Waals surface area contributed by atoms with Gasteiger partial charge in [-0.25, -0.2) is 13.8 Å². The van der Waals surface area contributed by atoms with Crippen molar-refractivity contribution in [2.24, 2.45) is 0 Å². The van der Waals surface area contributed by atoms with Crippen molar-refractivity contribution in [2.75, 3.05) is 5.32 Å². The Morgan fingerprint density at radius 2 is 1.79 bits per heavy atom. The molecule has 0 saturated heterocycles. The van der Waals surface area contributed by atoms with Crippen LogP contribution in [-0.4, -0.2) is 9.97 Å². The van der Waals surface area contributed by atoms with Crippen LogP contribution in [-0.2, 0) is 0 Å². The van der Waals surface area contributed by atoms with E-state index in [1.165, 1.54) is 12.1 Å². The summed E-state index contributed by atoms with van der Waals surface area (Å²) in [6.45, 7) is 0. The summed E-state index contributed by atoms with van der Waals surface area (Å²) >= 11 is 5.86. The Balaban J connectivity index is 1.96. The lowest BCUT2D eigenvalue weighted by atomic mass is 10.3. The van der Waals surface area contributed by atoms with Crippen LogP contribution in [0.15, 0.2) is 36.4 Å². The van der Waals surface area contributed by atoms with Gasteiger partial charge in [-0.15, -0.1) is 0 Å². The number of nitrogens with zero attached hydrogens (tertiary/aromatic N) is 1. The van der Waals surface area contributed by atoms with Crippen LogP contribution < -0.4 is 5.32 Å². The number of halogens is 3. The lowest BCUT2D eigenvalue weighted by Gasteiger charge is -2.02. The molecule has 6 heteroatoms. The summed E-state index contributed by atoms with van der Waals surface area (Å²) < 4.78 is 26.1. The van der Waals surface area contributed by atoms with Crippen molar-refractivity contribution >= 4 is 34.3 Å². The first-order chi connectivity index (χ1) is 9.10. The zero-order valence-electron chi connectivity index (χ0n) is 9.55. The standard InChI is InChI=1S/C13H8ClF2N3/c14-7-1-2-11-12(3-7)19-13(18-11)17-10-5-8(15)4-9(16)6-10/h1-6H,(H2,17,18,19). The van der Waals surface area contributed by atoms with E-state index in [9.17, 15) is 8.78 Å². The van der Waals surface area contributed by atoms with E-state index in [0.717, 1.165) is 11.6 Å². The van der Waals surface area contributed by atoms with Gasteiger partial charge >= 0.3 is 0 Å². The van der Waals surface area contributed by atoms with Crippen LogP contribution in [0.1, 0.15) is 0 Å². The second-order valence-corrected chi connectivity index (χ2v) is 4.47. The summed E-state index contributed by atoms with van der Waals surface area (Å²) in [5.41, 5.74) is 1.73. The van der Waals surface area contributed by atoms with Crippen molar-refractivity contribution in [2.45, 2.75) is 0 Å². The Kier molecular flexibility index (Phi) is 2.83. The number of nitrogens with one attached hydrogen (secondary N) is 2. The Morgan fingerprint density at radius 1 is 1.05 bits per heavy atom. The molecular weight excluding hydrogens is 272 g/mol. The third kappa shape index (κ3) is 2.51. The fraction of sp³-hybridized carbons (Fsp3) is 0. The van der Waals surface area contributed by atoms with Gasteiger partial charge in [-0.1, -0.05) is 11.6 Å². The summed E-state index contributed by atoms with van der Waals surface area (Å²) in [6, 6.07) is 8.37. The van der Waals surface area contributed by atoms with Crippen LogP contribution in [0.3, 0.4) is 0 Å². The zero-order valence-corrected chi connectivity index (χ0v) is 10.3. The number of hydrogen-bond donors (Lipinski definition) is 2. The Morgan fingerprint density at radius 3 is 2.53 bits per heavy atom.